The van der Waals surface area contributed by atoms with Gasteiger partial charge in [0.1, 0.15) is 0 Å². The second-order valence-electron chi connectivity index (χ2n) is 8.38. The average molecular weight is 489 g/mol. The predicted molar refractivity (Wildman–Crippen MR) is 131 cm³/mol. The third-order valence-corrected chi connectivity index (χ3v) is 7.86. The van der Waals surface area contributed by atoms with Crippen molar-refractivity contribution in [3.05, 3.63) is 90.3 Å². The van der Waals surface area contributed by atoms with Crippen molar-refractivity contribution >= 4 is 15.9 Å². The molecule has 0 spiro atoms. The molecule has 178 valence electrons. The van der Waals surface area contributed by atoms with Gasteiger partial charge in [-0.25, -0.2) is 8.42 Å². The minimum Gasteiger partial charge on any atom is -0.339 e. The standard InChI is InChI=1S/C26H24N4O4S/c1-19-27-26(28-34-19)23-9-7-20(8-10-23)17-29-15-16-30(18-25(29)31)35(32,33)24-13-11-22(12-14-24)21-5-3-2-4-6-21/h2-14H,15-18H2,1H3. The fourth-order valence-electron chi connectivity index (χ4n) is 4.05. The number of benzene rings is 3. The quantitative estimate of drug-likeness (QED) is 0.410. The van der Waals surface area contributed by atoms with Crippen molar-refractivity contribution < 1.29 is 17.7 Å². The van der Waals surface area contributed by atoms with Crippen LogP contribution in [0, 0.1) is 6.92 Å². The summed E-state index contributed by atoms with van der Waals surface area (Å²) in [5.74, 6) is 0.786. The van der Waals surface area contributed by atoms with Crippen molar-refractivity contribution in [2.45, 2.75) is 18.4 Å². The number of carbonyl (C=O) groups is 1. The number of hydrogen-bond donors (Lipinski definition) is 0. The molecular formula is C26H24N4O4S. The van der Waals surface area contributed by atoms with Gasteiger partial charge in [-0.3, -0.25) is 4.79 Å². The van der Waals surface area contributed by atoms with Crippen LogP contribution in [-0.2, 0) is 21.4 Å². The number of hydrogen-bond acceptors (Lipinski definition) is 6. The summed E-state index contributed by atoms with van der Waals surface area (Å²) in [5, 5.41) is 3.91. The van der Waals surface area contributed by atoms with Crippen molar-refractivity contribution in [1.82, 2.24) is 19.3 Å². The molecule has 9 heteroatoms. The van der Waals surface area contributed by atoms with E-state index in [1.165, 1.54) is 4.31 Å². The number of amides is 1. The van der Waals surface area contributed by atoms with E-state index in [1.54, 1.807) is 36.1 Å². The van der Waals surface area contributed by atoms with Crippen LogP contribution in [-0.4, -0.2) is 53.3 Å². The summed E-state index contributed by atoms with van der Waals surface area (Å²) in [6.45, 7) is 2.53. The highest BCUT2D eigenvalue weighted by atomic mass is 32.2. The van der Waals surface area contributed by atoms with Crippen LogP contribution in [0.15, 0.2) is 88.3 Å². The number of sulfonamides is 1. The molecule has 1 fully saturated rings. The summed E-state index contributed by atoms with van der Waals surface area (Å²) < 4.78 is 32.6. The summed E-state index contributed by atoms with van der Waals surface area (Å²) in [6, 6.07) is 24.1. The number of carbonyl (C=O) groups excluding carboxylic acids is 1. The van der Waals surface area contributed by atoms with Crippen LogP contribution >= 0.6 is 0 Å². The van der Waals surface area contributed by atoms with Gasteiger partial charge in [0, 0.05) is 32.1 Å². The van der Waals surface area contributed by atoms with E-state index in [9.17, 15) is 13.2 Å². The summed E-state index contributed by atoms with van der Waals surface area (Å²) in [7, 11) is -3.76. The Kier molecular flexibility index (Phi) is 6.19. The lowest BCUT2D eigenvalue weighted by atomic mass is 10.1. The summed E-state index contributed by atoms with van der Waals surface area (Å²) in [6.07, 6.45) is 0. The minimum absolute atomic E-state index is 0.178. The SMILES string of the molecule is Cc1nc(-c2ccc(CN3CCN(S(=O)(=O)c4ccc(-c5ccccc5)cc4)CC3=O)cc2)no1. The van der Waals surface area contributed by atoms with Crippen molar-refractivity contribution in [2.75, 3.05) is 19.6 Å². The fourth-order valence-corrected chi connectivity index (χ4v) is 5.43. The lowest BCUT2D eigenvalue weighted by Gasteiger charge is -2.33. The molecule has 35 heavy (non-hydrogen) atoms. The maximum absolute atomic E-state index is 13.2. The van der Waals surface area contributed by atoms with Gasteiger partial charge in [-0.2, -0.15) is 9.29 Å². The molecule has 0 N–H and O–H groups in total. The van der Waals surface area contributed by atoms with Crippen LogP contribution in [0.3, 0.4) is 0 Å². The van der Waals surface area contributed by atoms with Gasteiger partial charge in [-0.1, -0.05) is 71.9 Å². The molecule has 0 unspecified atom stereocenters. The van der Waals surface area contributed by atoms with Crippen LogP contribution in [0.25, 0.3) is 22.5 Å². The second kappa shape index (κ2) is 9.44. The maximum atomic E-state index is 13.2. The summed E-state index contributed by atoms with van der Waals surface area (Å²) >= 11 is 0. The van der Waals surface area contributed by atoms with Gasteiger partial charge in [0.25, 0.3) is 0 Å². The highest BCUT2D eigenvalue weighted by Crippen LogP contribution is 2.24. The van der Waals surface area contributed by atoms with Gasteiger partial charge in [-0.15, -0.1) is 0 Å². The molecule has 2 heterocycles. The molecule has 0 radical (unpaired) electrons. The second-order valence-corrected chi connectivity index (χ2v) is 10.3. The van der Waals surface area contributed by atoms with E-state index < -0.39 is 10.0 Å². The van der Waals surface area contributed by atoms with E-state index in [0.29, 0.717) is 24.8 Å². The largest absolute Gasteiger partial charge is 0.339 e. The molecular weight excluding hydrogens is 464 g/mol. The Labute approximate surface area is 203 Å². The molecule has 1 aliphatic heterocycles. The molecule has 8 nitrogen and oxygen atoms in total. The van der Waals surface area contributed by atoms with Crippen LogP contribution in [0.2, 0.25) is 0 Å². The van der Waals surface area contributed by atoms with Gasteiger partial charge < -0.3 is 9.42 Å². The molecule has 4 aromatic rings. The predicted octanol–water partition coefficient (Wildman–Crippen LogP) is 3.75. The molecule has 5 rings (SSSR count). The Morgan fingerprint density at radius 1 is 0.857 bits per heavy atom. The number of nitrogens with zero attached hydrogens (tertiary/aromatic N) is 4. The first-order valence-electron chi connectivity index (χ1n) is 11.2. The van der Waals surface area contributed by atoms with Gasteiger partial charge in [0.15, 0.2) is 0 Å². The molecule has 1 aromatic heterocycles. The van der Waals surface area contributed by atoms with E-state index in [2.05, 4.69) is 10.1 Å². The molecule has 1 amide bonds. The number of rotatable bonds is 6. The Bertz CT molecular complexity index is 1430. The zero-order valence-corrected chi connectivity index (χ0v) is 20.0. The molecule has 0 bridgehead atoms. The minimum atomic E-state index is -3.76. The third-order valence-electron chi connectivity index (χ3n) is 6.00. The Morgan fingerprint density at radius 3 is 2.14 bits per heavy atom. The van der Waals surface area contributed by atoms with Crippen molar-refractivity contribution in [1.29, 1.82) is 0 Å². The van der Waals surface area contributed by atoms with Crippen molar-refractivity contribution in [3.63, 3.8) is 0 Å². The van der Waals surface area contributed by atoms with Crippen LogP contribution in [0.4, 0.5) is 0 Å². The zero-order chi connectivity index (χ0) is 24.4. The molecule has 0 aliphatic carbocycles. The average Bonchev–Trinajstić information content (AvgIpc) is 3.32. The molecule has 0 atom stereocenters. The van der Waals surface area contributed by atoms with E-state index in [-0.39, 0.29) is 23.9 Å². The fraction of sp³-hybridized carbons (Fsp3) is 0.192. The number of piperazine rings is 1. The maximum Gasteiger partial charge on any atom is 0.243 e. The molecule has 1 saturated heterocycles. The van der Waals surface area contributed by atoms with Gasteiger partial charge in [-0.05, 0) is 28.8 Å². The van der Waals surface area contributed by atoms with Crippen LogP contribution in [0.5, 0.6) is 0 Å². The highest BCUT2D eigenvalue weighted by molar-refractivity contribution is 7.89. The lowest BCUT2D eigenvalue weighted by Crippen LogP contribution is -2.51. The lowest BCUT2D eigenvalue weighted by molar-refractivity contribution is -0.134. The van der Waals surface area contributed by atoms with Crippen molar-refractivity contribution in [3.8, 4) is 22.5 Å². The normalized spacial score (nSPS) is 14.9. The Morgan fingerprint density at radius 2 is 1.51 bits per heavy atom. The zero-order valence-electron chi connectivity index (χ0n) is 19.2. The summed E-state index contributed by atoms with van der Waals surface area (Å²) in [4.78, 5) is 18.9. The van der Waals surface area contributed by atoms with E-state index in [0.717, 1.165) is 22.3 Å². The van der Waals surface area contributed by atoms with E-state index in [4.69, 9.17) is 4.52 Å². The first kappa shape index (κ1) is 22.9. The topological polar surface area (TPSA) is 96.6 Å². The first-order chi connectivity index (χ1) is 16.9. The molecule has 1 aliphatic rings. The van der Waals surface area contributed by atoms with Crippen LogP contribution < -0.4 is 0 Å². The molecule has 3 aromatic carbocycles. The van der Waals surface area contributed by atoms with E-state index >= 15 is 0 Å². The van der Waals surface area contributed by atoms with Gasteiger partial charge in [0.2, 0.25) is 27.6 Å². The number of aromatic nitrogens is 2. The van der Waals surface area contributed by atoms with Crippen molar-refractivity contribution in [2.24, 2.45) is 0 Å². The Hall–Kier alpha value is -3.82. The highest BCUT2D eigenvalue weighted by Gasteiger charge is 2.32. The first-order valence-corrected chi connectivity index (χ1v) is 12.7. The third kappa shape index (κ3) is 4.87. The Balaban J connectivity index is 1.23. The van der Waals surface area contributed by atoms with Gasteiger partial charge in [0.05, 0.1) is 11.4 Å². The monoisotopic (exact) mass is 488 g/mol. The van der Waals surface area contributed by atoms with E-state index in [1.807, 2.05) is 54.6 Å². The molecule has 0 saturated carbocycles. The number of aryl methyl sites for hydroxylation is 1. The van der Waals surface area contributed by atoms with Crippen LogP contribution in [0.1, 0.15) is 11.5 Å². The van der Waals surface area contributed by atoms with Gasteiger partial charge >= 0.3 is 0 Å². The summed E-state index contributed by atoms with van der Waals surface area (Å²) in [5.41, 5.74) is 3.72. The smallest absolute Gasteiger partial charge is 0.243 e.